The number of carbonyl (C=O) groups excluding carboxylic acids is 2. The number of hydrogen-bond acceptors (Lipinski definition) is 6. The molecule has 1 amide bonds. The minimum atomic E-state index is -0.257. The number of carbonyl (C=O) groups is 2. The fourth-order valence-electron chi connectivity index (χ4n) is 5.75. The SMILES string of the molecule is CCOC(=O)[C@H]1[C@H](Nc2nc(Cl)nn3c(C(=O)NC)ccc23)[C@@H]2CC[C@H]1C1CC12. The van der Waals surface area contributed by atoms with Crippen molar-refractivity contribution in [3.05, 3.63) is 23.1 Å². The summed E-state index contributed by atoms with van der Waals surface area (Å²) in [7, 11) is 1.57. The van der Waals surface area contributed by atoms with Crippen LogP contribution in [0.15, 0.2) is 12.1 Å². The fraction of sp³-hybridized carbons (Fsp3) is 0.600. The molecule has 2 bridgehead atoms. The number of aromatic nitrogens is 3. The maximum Gasteiger partial charge on any atom is 0.311 e. The molecule has 9 heteroatoms. The Morgan fingerprint density at radius 2 is 2.00 bits per heavy atom. The lowest BCUT2D eigenvalue weighted by Gasteiger charge is -2.47. The van der Waals surface area contributed by atoms with E-state index < -0.39 is 0 Å². The quantitative estimate of drug-likeness (QED) is 0.725. The molecule has 2 unspecified atom stereocenters. The first-order chi connectivity index (χ1) is 14.0. The van der Waals surface area contributed by atoms with E-state index in [1.54, 1.807) is 19.2 Å². The van der Waals surface area contributed by atoms with Crippen LogP contribution in [0.4, 0.5) is 5.82 Å². The Balaban J connectivity index is 1.53. The highest BCUT2D eigenvalue weighted by molar-refractivity contribution is 6.28. The van der Waals surface area contributed by atoms with Gasteiger partial charge in [0.2, 0.25) is 5.28 Å². The van der Waals surface area contributed by atoms with E-state index in [9.17, 15) is 9.59 Å². The van der Waals surface area contributed by atoms with Crippen LogP contribution in [0.3, 0.4) is 0 Å². The van der Waals surface area contributed by atoms with Crippen LogP contribution in [0, 0.1) is 29.6 Å². The Labute approximate surface area is 173 Å². The predicted octanol–water partition coefficient (Wildman–Crippen LogP) is 2.38. The summed E-state index contributed by atoms with van der Waals surface area (Å²) in [5.41, 5.74) is 1.04. The molecule has 2 N–H and O–H groups in total. The molecular formula is C20H24ClN5O3. The van der Waals surface area contributed by atoms with Gasteiger partial charge in [0, 0.05) is 13.1 Å². The largest absolute Gasteiger partial charge is 0.466 e. The zero-order chi connectivity index (χ0) is 20.3. The number of anilines is 1. The number of ether oxygens (including phenoxy) is 1. The first-order valence-electron chi connectivity index (χ1n) is 10.2. The molecule has 4 aliphatic rings. The van der Waals surface area contributed by atoms with E-state index in [1.807, 2.05) is 6.92 Å². The van der Waals surface area contributed by atoms with Crippen molar-refractivity contribution >= 4 is 34.8 Å². The molecule has 2 heterocycles. The van der Waals surface area contributed by atoms with Gasteiger partial charge in [0.1, 0.15) is 11.2 Å². The highest BCUT2D eigenvalue weighted by atomic mass is 35.5. The zero-order valence-electron chi connectivity index (χ0n) is 16.4. The van der Waals surface area contributed by atoms with E-state index in [0.717, 1.165) is 12.8 Å². The van der Waals surface area contributed by atoms with Gasteiger partial charge in [-0.2, -0.15) is 4.98 Å². The maximum atomic E-state index is 12.8. The third kappa shape index (κ3) is 2.87. The molecule has 29 heavy (non-hydrogen) atoms. The van der Waals surface area contributed by atoms with Crippen molar-refractivity contribution < 1.29 is 14.3 Å². The Morgan fingerprint density at radius 1 is 1.24 bits per heavy atom. The third-order valence-corrected chi connectivity index (χ3v) is 7.10. The lowest BCUT2D eigenvalue weighted by molar-refractivity contribution is -0.155. The molecule has 0 radical (unpaired) electrons. The van der Waals surface area contributed by atoms with E-state index in [1.165, 1.54) is 10.9 Å². The number of hydrogen-bond donors (Lipinski definition) is 2. The van der Waals surface area contributed by atoms with Gasteiger partial charge in [0.05, 0.1) is 12.5 Å². The second-order valence-electron chi connectivity index (χ2n) is 8.24. The molecule has 0 aliphatic heterocycles. The van der Waals surface area contributed by atoms with Crippen LogP contribution in [-0.2, 0) is 9.53 Å². The molecular weight excluding hydrogens is 394 g/mol. The average molecular weight is 418 g/mol. The van der Waals surface area contributed by atoms with Gasteiger partial charge < -0.3 is 15.4 Å². The van der Waals surface area contributed by atoms with Crippen molar-refractivity contribution in [3.8, 4) is 0 Å². The van der Waals surface area contributed by atoms with E-state index >= 15 is 0 Å². The van der Waals surface area contributed by atoms with Crippen molar-refractivity contribution in [2.45, 2.75) is 32.2 Å². The standard InChI is InChI=1S/C20H24ClN5O3/c1-3-29-19(28)15-9-4-5-10(12-8-11(9)12)16(15)23-17-13-6-7-14(18(27)22-2)26(13)25-20(21)24-17/h6-7,9-12,15-16H,3-5,8H2,1-2H3,(H,22,27)(H,23,24,25)/t9-,10+,11?,12?,15+,16+/m0/s1. The first-order valence-corrected chi connectivity index (χ1v) is 10.6. The van der Waals surface area contributed by atoms with Crippen molar-refractivity contribution in [1.82, 2.24) is 19.9 Å². The normalized spacial score (nSPS) is 32.0. The summed E-state index contributed by atoms with van der Waals surface area (Å²) in [6.45, 7) is 2.22. The summed E-state index contributed by atoms with van der Waals surface area (Å²) in [6, 6.07) is 3.44. The van der Waals surface area contributed by atoms with Crippen LogP contribution in [0.25, 0.3) is 5.52 Å². The van der Waals surface area contributed by atoms with Gasteiger partial charge >= 0.3 is 5.97 Å². The van der Waals surface area contributed by atoms with Crippen molar-refractivity contribution in [2.75, 3.05) is 19.0 Å². The number of nitrogens with one attached hydrogen (secondary N) is 2. The van der Waals surface area contributed by atoms with Gasteiger partial charge in [-0.15, -0.1) is 5.10 Å². The zero-order valence-corrected chi connectivity index (χ0v) is 17.1. The molecule has 154 valence electrons. The number of esters is 1. The summed E-state index contributed by atoms with van der Waals surface area (Å²) in [4.78, 5) is 29.4. The molecule has 0 aromatic carbocycles. The Bertz CT molecular complexity index is 992. The van der Waals surface area contributed by atoms with Gasteiger partial charge in [-0.25, -0.2) is 4.52 Å². The lowest BCUT2D eigenvalue weighted by Crippen LogP contribution is -2.53. The van der Waals surface area contributed by atoms with Crippen LogP contribution in [0.1, 0.15) is 36.7 Å². The summed E-state index contributed by atoms with van der Waals surface area (Å²) in [5.74, 6) is 2.10. The van der Waals surface area contributed by atoms with Gasteiger partial charge in [-0.05, 0) is 73.6 Å². The first kappa shape index (κ1) is 18.7. The van der Waals surface area contributed by atoms with Gasteiger partial charge in [0.25, 0.3) is 5.91 Å². The number of rotatable bonds is 5. The molecule has 4 saturated carbocycles. The number of fused-ring (bicyclic) bond motifs is 3. The van der Waals surface area contributed by atoms with Gasteiger partial charge in [-0.3, -0.25) is 9.59 Å². The molecule has 0 spiro atoms. The number of amides is 1. The molecule has 4 fully saturated rings. The van der Waals surface area contributed by atoms with Crippen LogP contribution in [-0.4, -0.2) is 46.2 Å². The molecule has 6 rings (SSSR count). The molecule has 2 aromatic heterocycles. The van der Waals surface area contributed by atoms with E-state index in [4.69, 9.17) is 16.3 Å². The van der Waals surface area contributed by atoms with Crippen LogP contribution in [0.2, 0.25) is 5.28 Å². The Kier molecular flexibility index (Phi) is 4.42. The predicted molar refractivity (Wildman–Crippen MR) is 107 cm³/mol. The number of nitrogens with zero attached hydrogens (tertiary/aromatic N) is 3. The van der Waals surface area contributed by atoms with Gasteiger partial charge in [-0.1, -0.05) is 0 Å². The minimum absolute atomic E-state index is 0.0410. The van der Waals surface area contributed by atoms with Crippen molar-refractivity contribution in [3.63, 3.8) is 0 Å². The van der Waals surface area contributed by atoms with Crippen molar-refractivity contribution in [1.29, 1.82) is 0 Å². The summed E-state index contributed by atoms with van der Waals surface area (Å²) < 4.78 is 6.93. The van der Waals surface area contributed by atoms with Crippen LogP contribution in [0.5, 0.6) is 0 Å². The number of halogens is 1. The summed E-state index contributed by atoms with van der Waals surface area (Å²) in [6.07, 6.45) is 3.40. The van der Waals surface area contributed by atoms with Crippen LogP contribution >= 0.6 is 11.6 Å². The Morgan fingerprint density at radius 3 is 2.76 bits per heavy atom. The molecule has 2 aromatic rings. The van der Waals surface area contributed by atoms with E-state index in [-0.39, 0.29) is 29.1 Å². The van der Waals surface area contributed by atoms with Crippen molar-refractivity contribution in [2.24, 2.45) is 29.6 Å². The molecule has 6 atom stereocenters. The molecule has 4 aliphatic carbocycles. The van der Waals surface area contributed by atoms with E-state index in [0.29, 0.717) is 47.3 Å². The highest BCUT2D eigenvalue weighted by Crippen LogP contribution is 2.64. The van der Waals surface area contributed by atoms with Crippen LogP contribution < -0.4 is 10.6 Å². The lowest BCUT2D eigenvalue weighted by atomic mass is 9.61. The fourth-order valence-corrected chi connectivity index (χ4v) is 5.91. The minimum Gasteiger partial charge on any atom is -0.466 e. The summed E-state index contributed by atoms with van der Waals surface area (Å²) >= 11 is 6.18. The maximum absolute atomic E-state index is 12.8. The monoisotopic (exact) mass is 417 g/mol. The second kappa shape index (κ2) is 6.86. The Hall–Kier alpha value is -2.35. The third-order valence-electron chi connectivity index (χ3n) is 6.94. The van der Waals surface area contributed by atoms with E-state index in [2.05, 4.69) is 20.7 Å². The topological polar surface area (TPSA) is 97.6 Å². The average Bonchev–Trinajstić information content (AvgIpc) is 3.43. The summed E-state index contributed by atoms with van der Waals surface area (Å²) in [5, 5.41) is 10.4. The highest BCUT2D eigenvalue weighted by Gasteiger charge is 2.63. The molecule has 0 saturated heterocycles. The van der Waals surface area contributed by atoms with Gasteiger partial charge in [0.15, 0.2) is 5.82 Å². The molecule has 8 nitrogen and oxygen atoms in total. The smallest absolute Gasteiger partial charge is 0.311 e. The second-order valence-corrected chi connectivity index (χ2v) is 8.58.